The standard InChI is InChI=1S/C26H42O5/c1-16(30-17(2)27)26(29)14-10-22-20-8-11-23(4)15-19(31-18(3)28)7-12-24(23,5)21(20)9-13-25(22,26)6/h16,19-22,29H,7-15H2,1-6H3/t16-,19+,20-,21+,22-,23-,24+,25-,26-/m0/s1. The Morgan fingerprint density at radius 3 is 2.13 bits per heavy atom. The van der Waals surface area contributed by atoms with Gasteiger partial charge in [0.15, 0.2) is 0 Å². The summed E-state index contributed by atoms with van der Waals surface area (Å²) in [7, 11) is 0. The minimum atomic E-state index is -0.942. The Hall–Kier alpha value is -1.10. The van der Waals surface area contributed by atoms with Gasteiger partial charge in [0, 0.05) is 19.3 Å². The molecule has 0 unspecified atom stereocenters. The highest BCUT2D eigenvalue weighted by Crippen LogP contribution is 2.71. The first-order valence-corrected chi connectivity index (χ1v) is 12.4. The van der Waals surface area contributed by atoms with Crippen LogP contribution in [0.25, 0.3) is 0 Å². The summed E-state index contributed by atoms with van der Waals surface area (Å²) < 4.78 is 11.2. The highest BCUT2D eigenvalue weighted by atomic mass is 16.6. The average Bonchev–Trinajstić information content (AvgIpc) is 2.94. The molecule has 4 aliphatic rings. The molecule has 4 fully saturated rings. The number of hydrogen-bond donors (Lipinski definition) is 1. The van der Waals surface area contributed by atoms with E-state index >= 15 is 0 Å². The molecule has 0 saturated heterocycles. The van der Waals surface area contributed by atoms with Gasteiger partial charge >= 0.3 is 11.9 Å². The van der Waals surface area contributed by atoms with Gasteiger partial charge in [0.1, 0.15) is 17.8 Å². The molecular formula is C26H42O5. The fraction of sp³-hybridized carbons (Fsp3) is 0.923. The molecule has 0 heterocycles. The van der Waals surface area contributed by atoms with Gasteiger partial charge in [-0.3, -0.25) is 9.59 Å². The van der Waals surface area contributed by atoms with Gasteiger partial charge in [-0.25, -0.2) is 0 Å². The highest BCUT2D eigenvalue weighted by Gasteiger charge is 2.68. The summed E-state index contributed by atoms with van der Waals surface area (Å²) in [5.41, 5.74) is -0.707. The Morgan fingerprint density at radius 1 is 0.871 bits per heavy atom. The predicted octanol–water partition coefficient (Wildman–Crippen LogP) is 5.03. The molecule has 0 aromatic carbocycles. The maximum atomic E-state index is 11.8. The summed E-state index contributed by atoms with van der Waals surface area (Å²) in [5, 5.41) is 11.8. The van der Waals surface area contributed by atoms with E-state index in [4.69, 9.17) is 9.47 Å². The summed E-state index contributed by atoms with van der Waals surface area (Å²) >= 11 is 0. The van der Waals surface area contributed by atoms with E-state index in [1.54, 1.807) is 0 Å². The van der Waals surface area contributed by atoms with Crippen LogP contribution in [0.3, 0.4) is 0 Å². The van der Waals surface area contributed by atoms with Crippen LogP contribution in [0.1, 0.15) is 99.3 Å². The number of fused-ring (bicyclic) bond motifs is 5. The highest BCUT2D eigenvalue weighted by molar-refractivity contribution is 5.66. The molecule has 0 radical (unpaired) electrons. The molecule has 0 aromatic rings. The van der Waals surface area contributed by atoms with Crippen LogP contribution in [0.2, 0.25) is 0 Å². The van der Waals surface area contributed by atoms with E-state index in [0.717, 1.165) is 44.9 Å². The maximum absolute atomic E-state index is 11.8. The van der Waals surface area contributed by atoms with Gasteiger partial charge in [0.2, 0.25) is 0 Å². The van der Waals surface area contributed by atoms with E-state index in [-0.39, 0.29) is 34.3 Å². The lowest BCUT2D eigenvalue weighted by Crippen LogP contribution is -2.61. The molecule has 0 aliphatic heterocycles. The molecule has 1 N–H and O–H groups in total. The molecule has 4 rings (SSSR count). The number of esters is 2. The lowest BCUT2D eigenvalue weighted by molar-refractivity contribution is -0.212. The van der Waals surface area contributed by atoms with Gasteiger partial charge in [-0.15, -0.1) is 0 Å². The molecule has 0 aromatic heterocycles. The third kappa shape index (κ3) is 3.28. The van der Waals surface area contributed by atoms with Crippen LogP contribution in [0.15, 0.2) is 0 Å². The van der Waals surface area contributed by atoms with Gasteiger partial charge in [-0.2, -0.15) is 0 Å². The average molecular weight is 435 g/mol. The minimum Gasteiger partial charge on any atom is -0.463 e. The third-order valence-electron chi connectivity index (χ3n) is 10.9. The SMILES string of the molecule is CC(=O)O[C@@H]1CC[C@]2(C)[C@@H]3CC[C@@]4(C)[C@@H](CC[C@]4(O)[C@H](C)OC(C)=O)[C@H]3CC[C@@]2(C)C1. The Morgan fingerprint density at radius 2 is 1.48 bits per heavy atom. The molecule has 9 atom stereocenters. The number of carbonyl (C=O) groups excluding carboxylic acids is 2. The summed E-state index contributed by atoms with van der Waals surface area (Å²) in [6, 6.07) is 0. The van der Waals surface area contributed by atoms with Crippen molar-refractivity contribution in [3.63, 3.8) is 0 Å². The van der Waals surface area contributed by atoms with Crippen molar-refractivity contribution in [2.75, 3.05) is 0 Å². The quantitative estimate of drug-likeness (QED) is 0.631. The first-order chi connectivity index (χ1) is 14.4. The molecule has 5 heteroatoms. The zero-order valence-electron chi connectivity index (χ0n) is 20.3. The van der Waals surface area contributed by atoms with E-state index in [1.807, 2.05) is 6.92 Å². The van der Waals surface area contributed by atoms with E-state index in [2.05, 4.69) is 20.8 Å². The number of carbonyl (C=O) groups is 2. The Kier molecular flexibility index (Phi) is 5.55. The lowest BCUT2D eigenvalue weighted by atomic mass is 9.40. The Balaban J connectivity index is 1.58. The topological polar surface area (TPSA) is 72.8 Å². The zero-order valence-corrected chi connectivity index (χ0v) is 20.3. The number of aliphatic hydroxyl groups is 1. The smallest absolute Gasteiger partial charge is 0.302 e. The van der Waals surface area contributed by atoms with Crippen molar-refractivity contribution in [2.24, 2.45) is 34.0 Å². The molecule has 4 aliphatic carbocycles. The fourth-order valence-electron chi connectivity index (χ4n) is 8.99. The lowest BCUT2D eigenvalue weighted by Gasteiger charge is -2.65. The van der Waals surface area contributed by atoms with Gasteiger partial charge in [-0.05, 0) is 93.3 Å². The molecule has 4 saturated carbocycles. The third-order valence-corrected chi connectivity index (χ3v) is 10.9. The summed E-state index contributed by atoms with van der Waals surface area (Å²) in [4.78, 5) is 23.2. The van der Waals surface area contributed by atoms with Crippen molar-refractivity contribution in [1.82, 2.24) is 0 Å². The van der Waals surface area contributed by atoms with Crippen LogP contribution in [0, 0.1) is 34.0 Å². The second-order valence-electron chi connectivity index (χ2n) is 12.0. The van der Waals surface area contributed by atoms with Crippen LogP contribution in [-0.2, 0) is 19.1 Å². The van der Waals surface area contributed by atoms with Crippen molar-refractivity contribution in [3.8, 4) is 0 Å². The van der Waals surface area contributed by atoms with Crippen LogP contribution in [0.4, 0.5) is 0 Å². The zero-order chi connectivity index (χ0) is 22.8. The van der Waals surface area contributed by atoms with Crippen molar-refractivity contribution >= 4 is 11.9 Å². The maximum Gasteiger partial charge on any atom is 0.302 e. The number of rotatable bonds is 3. The molecular weight excluding hydrogens is 392 g/mol. The van der Waals surface area contributed by atoms with E-state index < -0.39 is 11.7 Å². The van der Waals surface area contributed by atoms with E-state index in [0.29, 0.717) is 24.2 Å². The molecule has 176 valence electrons. The van der Waals surface area contributed by atoms with Gasteiger partial charge in [-0.1, -0.05) is 20.8 Å². The van der Waals surface area contributed by atoms with Crippen LogP contribution in [-0.4, -0.2) is 34.9 Å². The first-order valence-electron chi connectivity index (χ1n) is 12.4. The molecule has 31 heavy (non-hydrogen) atoms. The van der Waals surface area contributed by atoms with Crippen molar-refractivity contribution in [2.45, 2.75) is 117 Å². The predicted molar refractivity (Wildman–Crippen MR) is 118 cm³/mol. The Bertz CT molecular complexity index is 750. The molecule has 5 nitrogen and oxygen atoms in total. The molecule has 0 amide bonds. The number of hydrogen-bond acceptors (Lipinski definition) is 5. The monoisotopic (exact) mass is 434 g/mol. The van der Waals surface area contributed by atoms with E-state index in [9.17, 15) is 14.7 Å². The molecule has 0 bridgehead atoms. The van der Waals surface area contributed by atoms with Gasteiger partial charge in [0.25, 0.3) is 0 Å². The van der Waals surface area contributed by atoms with E-state index in [1.165, 1.54) is 20.3 Å². The van der Waals surface area contributed by atoms with Gasteiger partial charge in [0.05, 0.1) is 0 Å². The van der Waals surface area contributed by atoms with Crippen LogP contribution in [0.5, 0.6) is 0 Å². The Labute approximate surface area is 187 Å². The molecule has 0 spiro atoms. The second kappa shape index (κ2) is 7.46. The summed E-state index contributed by atoms with van der Waals surface area (Å²) in [5.74, 6) is 1.26. The summed E-state index contributed by atoms with van der Waals surface area (Å²) in [6.45, 7) is 12.0. The normalized spacial score (nSPS) is 49.9. The number of ether oxygens (including phenoxy) is 2. The van der Waals surface area contributed by atoms with Crippen molar-refractivity contribution in [1.29, 1.82) is 0 Å². The fourth-order valence-corrected chi connectivity index (χ4v) is 8.99. The van der Waals surface area contributed by atoms with Crippen molar-refractivity contribution < 1.29 is 24.2 Å². The summed E-state index contributed by atoms with van der Waals surface area (Å²) in [6.07, 6.45) is 8.82. The second-order valence-corrected chi connectivity index (χ2v) is 12.0. The first kappa shape index (κ1) is 23.1. The van der Waals surface area contributed by atoms with Crippen LogP contribution < -0.4 is 0 Å². The van der Waals surface area contributed by atoms with Crippen LogP contribution >= 0.6 is 0 Å². The van der Waals surface area contributed by atoms with Crippen molar-refractivity contribution in [3.05, 3.63) is 0 Å². The largest absolute Gasteiger partial charge is 0.463 e. The van der Waals surface area contributed by atoms with Gasteiger partial charge < -0.3 is 14.6 Å². The minimum absolute atomic E-state index is 0.0575.